The number of piperidine rings is 1. The fourth-order valence-corrected chi connectivity index (χ4v) is 6.45. The molecule has 7 nitrogen and oxygen atoms in total. The van der Waals surface area contributed by atoms with Crippen molar-refractivity contribution in [3.63, 3.8) is 0 Å². The molecule has 9 heteroatoms. The zero-order valence-corrected chi connectivity index (χ0v) is 18.0. The Labute approximate surface area is 175 Å². The lowest BCUT2D eigenvalue weighted by atomic mass is 9.96. The Hall–Kier alpha value is -2.26. The maximum absolute atomic E-state index is 13.3. The van der Waals surface area contributed by atoms with Crippen molar-refractivity contribution in [2.45, 2.75) is 50.5 Å². The average molecular weight is 436 g/mol. The number of halogens is 1. The van der Waals surface area contributed by atoms with Crippen molar-refractivity contribution >= 4 is 15.9 Å². The van der Waals surface area contributed by atoms with Crippen LogP contribution in [0.4, 0.5) is 4.39 Å². The topological polar surface area (TPSA) is 83.7 Å². The van der Waals surface area contributed by atoms with Gasteiger partial charge in [-0.05, 0) is 57.2 Å². The van der Waals surface area contributed by atoms with Crippen molar-refractivity contribution in [3.05, 3.63) is 47.1 Å². The molecular weight excluding hydrogens is 409 g/mol. The van der Waals surface area contributed by atoms with E-state index in [1.165, 1.54) is 16.4 Å². The van der Waals surface area contributed by atoms with Crippen molar-refractivity contribution in [1.82, 2.24) is 14.4 Å². The number of aryl methyl sites for hydroxylation is 2. The molecule has 3 heterocycles. The van der Waals surface area contributed by atoms with Gasteiger partial charge >= 0.3 is 0 Å². The SMILES string of the molecule is Cc1noc(C)c1S(=O)(=O)N1CCCC(C(=O)N2CCCC2c2ccc(F)cc2)C1. The highest BCUT2D eigenvalue weighted by Gasteiger charge is 2.40. The number of carbonyl (C=O) groups is 1. The zero-order valence-electron chi connectivity index (χ0n) is 17.2. The van der Waals surface area contributed by atoms with Crippen LogP contribution in [0, 0.1) is 25.6 Å². The second kappa shape index (κ2) is 8.11. The van der Waals surface area contributed by atoms with Gasteiger partial charge in [0.1, 0.15) is 16.4 Å². The summed E-state index contributed by atoms with van der Waals surface area (Å²) >= 11 is 0. The molecule has 2 fully saturated rings. The summed E-state index contributed by atoms with van der Waals surface area (Å²) < 4.78 is 46.0. The summed E-state index contributed by atoms with van der Waals surface area (Å²) in [5, 5.41) is 3.76. The minimum Gasteiger partial charge on any atom is -0.360 e. The number of amides is 1. The number of hydrogen-bond donors (Lipinski definition) is 0. The van der Waals surface area contributed by atoms with Crippen molar-refractivity contribution in [3.8, 4) is 0 Å². The Balaban J connectivity index is 1.53. The molecule has 0 radical (unpaired) electrons. The van der Waals surface area contributed by atoms with Crippen LogP contribution in [0.2, 0.25) is 0 Å². The smallest absolute Gasteiger partial charge is 0.248 e. The van der Waals surface area contributed by atoms with Gasteiger partial charge in [-0.25, -0.2) is 12.8 Å². The van der Waals surface area contributed by atoms with Crippen LogP contribution in [-0.4, -0.2) is 48.3 Å². The van der Waals surface area contributed by atoms with E-state index < -0.39 is 15.9 Å². The van der Waals surface area contributed by atoms with E-state index in [2.05, 4.69) is 5.16 Å². The summed E-state index contributed by atoms with van der Waals surface area (Å²) in [6.45, 7) is 4.34. The Morgan fingerprint density at radius 3 is 2.50 bits per heavy atom. The van der Waals surface area contributed by atoms with Crippen molar-refractivity contribution in [2.75, 3.05) is 19.6 Å². The van der Waals surface area contributed by atoms with Crippen molar-refractivity contribution in [2.24, 2.45) is 5.92 Å². The van der Waals surface area contributed by atoms with Gasteiger partial charge in [0.05, 0.1) is 12.0 Å². The molecule has 4 rings (SSSR count). The van der Waals surface area contributed by atoms with Crippen LogP contribution >= 0.6 is 0 Å². The fourth-order valence-electron chi connectivity index (χ4n) is 4.63. The van der Waals surface area contributed by atoms with Crippen LogP contribution in [-0.2, 0) is 14.8 Å². The van der Waals surface area contributed by atoms with Crippen LogP contribution in [0.3, 0.4) is 0 Å². The number of rotatable bonds is 4. The normalized spacial score (nSPS) is 23.1. The predicted octanol–water partition coefficient (Wildman–Crippen LogP) is 3.19. The van der Waals surface area contributed by atoms with E-state index in [4.69, 9.17) is 4.52 Å². The molecule has 1 amide bonds. The second-order valence-electron chi connectivity index (χ2n) is 8.10. The lowest BCUT2D eigenvalue weighted by Crippen LogP contribution is -2.46. The van der Waals surface area contributed by atoms with Gasteiger partial charge < -0.3 is 9.42 Å². The van der Waals surface area contributed by atoms with Gasteiger partial charge in [-0.1, -0.05) is 17.3 Å². The number of likely N-dealkylation sites (tertiary alicyclic amines) is 1. The lowest BCUT2D eigenvalue weighted by Gasteiger charge is -2.35. The standard InChI is InChI=1S/C21H26FN3O4S/c1-14-20(15(2)29-23-14)30(27,28)24-11-3-5-17(13-24)21(26)25-12-4-6-19(25)16-7-9-18(22)10-8-16/h7-10,17,19H,3-6,11-13H2,1-2H3. The Kier molecular flexibility index (Phi) is 5.67. The highest BCUT2D eigenvalue weighted by molar-refractivity contribution is 7.89. The molecule has 2 aliphatic heterocycles. The van der Waals surface area contributed by atoms with E-state index in [9.17, 15) is 17.6 Å². The summed E-state index contributed by atoms with van der Waals surface area (Å²) in [6.07, 6.45) is 2.97. The summed E-state index contributed by atoms with van der Waals surface area (Å²) in [4.78, 5) is 15.3. The largest absolute Gasteiger partial charge is 0.360 e. The Morgan fingerprint density at radius 1 is 1.13 bits per heavy atom. The molecule has 2 aliphatic rings. The van der Waals surface area contributed by atoms with Gasteiger partial charge in [-0.3, -0.25) is 4.79 Å². The number of nitrogens with zero attached hydrogens (tertiary/aromatic N) is 3. The number of sulfonamides is 1. The van der Waals surface area contributed by atoms with Gasteiger partial charge in [-0.15, -0.1) is 0 Å². The molecule has 2 atom stereocenters. The van der Waals surface area contributed by atoms with Crippen LogP contribution in [0.1, 0.15) is 48.7 Å². The molecule has 2 unspecified atom stereocenters. The maximum atomic E-state index is 13.3. The number of carbonyl (C=O) groups excluding carboxylic acids is 1. The molecule has 1 aromatic carbocycles. The van der Waals surface area contributed by atoms with Crippen LogP contribution in [0.15, 0.2) is 33.7 Å². The van der Waals surface area contributed by atoms with Crippen LogP contribution in [0.5, 0.6) is 0 Å². The molecule has 0 bridgehead atoms. The molecule has 1 aromatic heterocycles. The van der Waals surface area contributed by atoms with Gasteiger partial charge in [0.2, 0.25) is 15.9 Å². The first-order valence-corrected chi connectivity index (χ1v) is 11.7. The first-order chi connectivity index (χ1) is 14.3. The highest BCUT2D eigenvalue weighted by Crippen LogP contribution is 2.35. The third-order valence-electron chi connectivity index (χ3n) is 6.09. The van der Waals surface area contributed by atoms with E-state index >= 15 is 0 Å². The molecule has 0 saturated carbocycles. The quantitative estimate of drug-likeness (QED) is 0.737. The van der Waals surface area contributed by atoms with Crippen LogP contribution < -0.4 is 0 Å². The second-order valence-corrected chi connectivity index (χ2v) is 9.97. The molecule has 0 N–H and O–H groups in total. The molecular formula is C21H26FN3O4S. The monoisotopic (exact) mass is 435 g/mol. The van der Waals surface area contributed by atoms with Crippen molar-refractivity contribution in [1.29, 1.82) is 0 Å². The van der Waals surface area contributed by atoms with Crippen molar-refractivity contribution < 1.29 is 22.1 Å². The van der Waals surface area contributed by atoms with E-state index in [1.807, 2.05) is 4.90 Å². The molecule has 0 aliphatic carbocycles. The third kappa shape index (κ3) is 3.76. The molecule has 2 aromatic rings. The Bertz CT molecular complexity index is 1020. The molecule has 30 heavy (non-hydrogen) atoms. The van der Waals surface area contributed by atoms with E-state index in [1.54, 1.807) is 26.0 Å². The molecule has 0 spiro atoms. The minimum absolute atomic E-state index is 0.0273. The molecule has 162 valence electrons. The van der Waals surface area contributed by atoms with Gasteiger partial charge in [0, 0.05) is 19.6 Å². The van der Waals surface area contributed by atoms with Gasteiger partial charge in [-0.2, -0.15) is 4.31 Å². The number of aromatic nitrogens is 1. The summed E-state index contributed by atoms with van der Waals surface area (Å²) in [6, 6.07) is 6.18. The first kappa shape index (κ1) is 21.0. The van der Waals surface area contributed by atoms with E-state index in [0.717, 1.165) is 18.4 Å². The Morgan fingerprint density at radius 2 is 1.83 bits per heavy atom. The highest BCUT2D eigenvalue weighted by atomic mass is 32.2. The van der Waals surface area contributed by atoms with Crippen LogP contribution in [0.25, 0.3) is 0 Å². The average Bonchev–Trinajstić information content (AvgIpc) is 3.35. The summed E-state index contributed by atoms with van der Waals surface area (Å²) in [5.41, 5.74) is 1.25. The predicted molar refractivity (Wildman–Crippen MR) is 108 cm³/mol. The third-order valence-corrected chi connectivity index (χ3v) is 8.20. The minimum atomic E-state index is -3.78. The van der Waals surface area contributed by atoms with E-state index in [0.29, 0.717) is 31.6 Å². The molecule has 2 saturated heterocycles. The van der Waals surface area contributed by atoms with Gasteiger partial charge in [0.15, 0.2) is 5.76 Å². The number of hydrogen-bond acceptors (Lipinski definition) is 5. The van der Waals surface area contributed by atoms with Gasteiger partial charge in [0.25, 0.3) is 0 Å². The first-order valence-electron chi connectivity index (χ1n) is 10.3. The van der Waals surface area contributed by atoms with E-state index in [-0.39, 0.29) is 35.0 Å². The number of benzene rings is 1. The fraction of sp³-hybridized carbons (Fsp3) is 0.524. The summed E-state index contributed by atoms with van der Waals surface area (Å²) in [7, 11) is -3.78. The zero-order chi connectivity index (χ0) is 21.5. The maximum Gasteiger partial charge on any atom is 0.248 e. The summed E-state index contributed by atoms with van der Waals surface area (Å²) in [5.74, 6) is -0.463. The lowest BCUT2D eigenvalue weighted by molar-refractivity contribution is -0.137.